The molecule has 2 amide bonds. The molecule has 2 aliphatic rings. The summed E-state index contributed by atoms with van der Waals surface area (Å²) in [5, 5.41) is 9.51. The van der Waals surface area contributed by atoms with Gasteiger partial charge >= 0.3 is 22.4 Å². The van der Waals surface area contributed by atoms with Crippen LogP contribution in [0.15, 0.2) is 17.4 Å². The Kier molecular flexibility index (Phi) is 3.61. The molecule has 1 aromatic heterocycles. The van der Waals surface area contributed by atoms with Gasteiger partial charge in [0.05, 0.1) is 0 Å². The molecule has 2 heterocycles. The number of aliphatic hydroxyl groups is 1. The van der Waals surface area contributed by atoms with Gasteiger partial charge in [-0.05, 0) is 18.4 Å². The van der Waals surface area contributed by atoms with Crippen molar-refractivity contribution in [2.75, 3.05) is 18.9 Å². The number of hydrogen-bond acceptors (Lipinski definition) is 5. The molecule has 3 rings (SSSR count). The number of aliphatic hydroxyl groups excluding tert-OH is 1. The van der Waals surface area contributed by atoms with E-state index in [0.29, 0.717) is 11.9 Å². The lowest BCUT2D eigenvalue weighted by Crippen LogP contribution is -2.51. The van der Waals surface area contributed by atoms with E-state index in [1.54, 1.807) is 10.7 Å². The predicted octanol–water partition coefficient (Wildman–Crippen LogP) is -2.19. The van der Waals surface area contributed by atoms with Crippen LogP contribution in [0.1, 0.15) is 19.3 Å². The van der Waals surface area contributed by atoms with E-state index >= 15 is 0 Å². The van der Waals surface area contributed by atoms with Gasteiger partial charge in [0.1, 0.15) is 0 Å². The van der Waals surface area contributed by atoms with E-state index in [2.05, 4.69) is 16.5 Å². The van der Waals surface area contributed by atoms with Crippen LogP contribution in [0, 0.1) is 5.92 Å². The molecule has 0 aromatic carbocycles. The first kappa shape index (κ1) is 14.6. The largest absolute Gasteiger partial charge is 0.675 e. The summed E-state index contributed by atoms with van der Waals surface area (Å²) in [6.45, 7) is 3.96. The van der Waals surface area contributed by atoms with Crippen LogP contribution in [-0.2, 0) is 0 Å². The lowest BCUT2D eigenvalue weighted by molar-refractivity contribution is 0.218. The van der Waals surface area contributed by atoms with Crippen LogP contribution in [0.2, 0.25) is 0 Å². The van der Waals surface area contributed by atoms with Crippen molar-refractivity contribution in [3.8, 4) is 0 Å². The van der Waals surface area contributed by atoms with Crippen LogP contribution in [0.25, 0.3) is 0 Å². The SMILES string of the molecule is C=CC[N+]1=c2c(nc(N)[nH]c2=O)=[N+](C2CCC(CO)C2)C1=O. The Hall–Kier alpha value is -2.35. The second-order valence-corrected chi connectivity index (χ2v) is 5.69. The van der Waals surface area contributed by atoms with Crippen LogP contribution >= 0.6 is 0 Å². The van der Waals surface area contributed by atoms with Crippen molar-refractivity contribution in [1.29, 1.82) is 0 Å². The molecule has 8 heteroatoms. The molecule has 8 nitrogen and oxygen atoms in total. The van der Waals surface area contributed by atoms with Crippen LogP contribution in [-0.4, -0.2) is 40.3 Å². The van der Waals surface area contributed by atoms with Gasteiger partial charge in [-0.1, -0.05) is 15.7 Å². The molecule has 0 bridgehead atoms. The smallest absolute Gasteiger partial charge is 0.396 e. The standard InChI is InChI=1S/C14H17N5O3/c1-2-5-18-10-11(16-13(15)17-12(10)21)19(14(18)22)9-4-3-8(6-9)7-20/h2,8-9,20H,1,3-7H2,(H-,15,17,21)/p+2. The Bertz CT molecular complexity index is 826. The highest BCUT2D eigenvalue weighted by Crippen LogP contribution is 2.26. The predicted molar refractivity (Wildman–Crippen MR) is 79.7 cm³/mol. The van der Waals surface area contributed by atoms with Crippen molar-refractivity contribution >= 4 is 12.0 Å². The van der Waals surface area contributed by atoms with E-state index in [-0.39, 0.29) is 42.4 Å². The summed E-state index contributed by atoms with van der Waals surface area (Å²) >= 11 is 0. The van der Waals surface area contributed by atoms with Crippen molar-refractivity contribution in [2.45, 2.75) is 25.3 Å². The number of anilines is 1. The van der Waals surface area contributed by atoms with Crippen molar-refractivity contribution in [2.24, 2.45) is 5.92 Å². The highest BCUT2D eigenvalue weighted by Gasteiger charge is 2.48. The Morgan fingerprint density at radius 1 is 1.45 bits per heavy atom. The molecule has 0 spiro atoms. The maximum atomic E-state index is 12.7. The summed E-state index contributed by atoms with van der Waals surface area (Å²) in [7, 11) is 0. The van der Waals surface area contributed by atoms with E-state index in [1.807, 2.05) is 0 Å². The Labute approximate surface area is 125 Å². The van der Waals surface area contributed by atoms with Gasteiger partial charge in [-0.25, -0.2) is 0 Å². The maximum Gasteiger partial charge on any atom is 0.675 e. The van der Waals surface area contributed by atoms with Crippen LogP contribution in [0.3, 0.4) is 0 Å². The topological polar surface area (TPSA) is 115 Å². The van der Waals surface area contributed by atoms with Gasteiger partial charge in [0.2, 0.25) is 5.95 Å². The highest BCUT2D eigenvalue weighted by atomic mass is 16.3. The van der Waals surface area contributed by atoms with Gasteiger partial charge in [0, 0.05) is 19.4 Å². The molecule has 1 saturated carbocycles. The summed E-state index contributed by atoms with van der Waals surface area (Å²) in [6.07, 6.45) is 3.87. The number of aromatic amines is 1. The number of urea groups is 1. The van der Waals surface area contributed by atoms with E-state index in [0.717, 1.165) is 12.8 Å². The van der Waals surface area contributed by atoms with E-state index in [1.165, 1.54) is 4.58 Å². The number of nitrogen functional groups attached to an aromatic ring is 1. The number of H-pyrrole nitrogens is 1. The summed E-state index contributed by atoms with van der Waals surface area (Å²) in [5.74, 6) is 0.160. The molecule has 1 aliphatic carbocycles. The fourth-order valence-corrected chi connectivity index (χ4v) is 3.28. The monoisotopic (exact) mass is 305 g/mol. The first-order chi connectivity index (χ1) is 10.6. The fourth-order valence-electron chi connectivity index (χ4n) is 3.28. The summed E-state index contributed by atoms with van der Waals surface area (Å²) < 4.78 is 2.90. The number of rotatable bonds is 4. The Morgan fingerprint density at radius 3 is 2.86 bits per heavy atom. The summed E-state index contributed by atoms with van der Waals surface area (Å²) in [4.78, 5) is 31.5. The van der Waals surface area contributed by atoms with Gasteiger partial charge in [-0.3, -0.25) is 9.78 Å². The third kappa shape index (κ3) is 2.16. The maximum absolute atomic E-state index is 12.7. The first-order valence-electron chi connectivity index (χ1n) is 7.29. The number of nitrogens with one attached hydrogen (secondary N) is 1. The van der Waals surface area contributed by atoms with Gasteiger partial charge in [0.25, 0.3) is 0 Å². The zero-order valence-corrected chi connectivity index (χ0v) is 12.2. The molecule has 0 saturated heterocycles. The summed E-state index contributed by atoms with van der Waals surface area (Å²) in [5.41, 5.74) is 5.50. The number of carbonyl (C=O) groups is 1. The van der Waals surface area contributed by atoms with Crippen LogP contribution in [0.4, 0.5) is 10.7 Å². The van der Waals surface area contributed by atoms with Gasteiger partial charge in [0.15, 0.2) is 12.6 Å². The number of nitrogens with zero attached hydrogens (tertiary/aromatic N) is 3. The highest BCUT2D eigenvalue weighted by molar-refractivity contribution is 5.79. The number of nitrogens with two attached hydrogens (primary N) is 1. The molecule has 2 unspecified atom stereocenters. The second kappa shape index (κ2) is 5.45. The molecule has 1 aromatic rings. The zero-order valence-electron chi connectivity index (χ0n) is 12.2. The van der Waals surface area contributed by atoms with Gasteiger partial charge < -0.3 is 10.8 Å². The zero-order chi connectivity index (χ0) is 15.9. The minimum absolute atomic E-state index is 0.0151. The second-order valence-electron chi connectivity index (χ2n) is 5.69. The molecule has 2 atom stereocenters. The lowest BCUT2D eigenvalue weighted by Gasteiger charge is -2.03. The molecule has 22 heavy (non-hydrogen) atoms. The quantitative estimate of drug-likeness (QED) is 0.432. The molecule has 116 valence electrons. The van der Waals surface area contributed by atoms with E-state index in [4.69, 9.17) is 5.73 Å². The number of aromatic nitrogens is 2. The minimum atomic E-state index is -0.433. The third-order valence-corrected chi connectivity index (χ3v) is 4.28. The van der Waals surface area contributed by atoms with E-state index in [9.17, 15) is 14.7 Å². The average Bonchev–Trinajstić information content (AvgIpc) is 3.03. The first-order valence-corrected chi connectivity index (χ1v) is 7.29. The molecule has 1 fully saturated rings. The molecular weight excluding hydrogens is 286 g/mol. The van der Waals surface area contributed by atoms with Crippen molar-refractivity contribution < 1.29 is 9.90 Å². The van der Waals surface area contributed by atoms with Crippen molar-refractivity contribution in [3.05, 3.63) is 33.9 Å². The fraction of sp³-hybridized carbons (Fsp3) is 0.500. The lowest BCUT2D eigenvalue weighted by atomic mass is 10.1. The van der Waals surface area contributed by atoms with Gasteiger partial charge in [-0.15, -0.1) is 4.98 Å². The van der Waals surface area contributed by atoms with Crippen LogP contribution < -0.4 is 31.3 Å². The number of carbonyl (C=O) groups excluding carboxylic acids is 1. The third-order valence-electron chi connectivity index (χ3n) is 4.28. The number of amides is 2. The average molecular weight is 305 g/mol. The van der Waals surface area contributed by atoms with E-state index < -0.39 is 5.56 Å². The number of hydrogen-bond donors (Lipinski definition) is 3. The normalized spacial score (nSPS) is 24.0. The molecule has 0 radical (unpaired) electrons. The van der Waals surface area contributed by atoms with Crippen LogP contribution in [0.5, 0.6) is 0 Å². The Morgan fingerprint density at radius 2 is 2.23 bits per heavy atom. The minimum Gasteiger partial charge on any atom is -0.396 e. The van der Waals surface area contributed by atoms with Gasteiger partial charge in [-0.2, -0.15) is 4.79 Å². The molecular formula is C14H19N5O3+2. The van der Waals surface area contributed by atoms with Crippen molar-refractivity contribution in [3.63, 3.8) is 0 Å². The summed E-state index contributed by atoms with van der Waals surface area (Å²) in [6, 6.07) is -0.367. The van der Waals surface area contributed by atoms with Crippen molar-refractivity contribution in [1.82, 2.24) is 19.1 Å². The Balaban J connectivity index is 2.24. The molecule has 4 N–H and O–H groups in total. The molecule has 1 aliphatic heterocycles. The number of fused-ring (bicyclic) bond motifs is 1.